The van der Waals surface area contributed by atoms with Gasteiger partial charge in [0.05, 0.1) is 12.2 Å². The summed E-state index contributed by atoms with van der Waals surface area (Å²) in [6, 6.07) is 4.22. The molecule has 17 heavy (non-hydrogen) atoms. The van der Waals surface area contributed by atoms with Crippen LogP contribution in [0.3, 0.4) is 0 Å². The fraction of sp³-hybridized carbons (Fsp3) is 0.200. The van der Waals surface area contributed by atoms with Crippen LogP contribution in [0, 0.1) is 9.39 Å². The largest absolute Gasteiger partial charge is 0.478 e. The molecule has 1 aromatic rings. The Bertz CT molecular complexity index is 493. The number of anilines is 1. The molecule has 5 nitrogen and oxygen atoms in total. The number of rotatable bonds is 2. The molecule has 1 heterocycles. The van der Waals surface area contributed by atoms with Gasteiger partial charge in [0.1, 0.15) is 5.82 Å². The molecule has 1 aromatic carbocycles. The van der Waals surface area contributed by atoms with E-state index < -0.39 is 24.0 Å². The van der Waals surface area contributed by atoms with Crippen molar-refractivity contribution in [2.45, 2.75) is 6.10 Å². The van der Waals surface area contributed by atoms with E-state index >= 15 is 0 Å². The second-order valence-corrected chi connectivity index (χ2v) is 4.58. The first kappa shape index (κ1) is 12.1. The van der Waals surface area contributed by atoms with E-state index in [1.807, 2.05) is 22.6 Å². The standard InChI is InChI=1S/C10H7FINO4/c11-6-3-5(1-2-7(6)12)13-4-8(9(14)15)17-10(13)16/h1-3,8H,4H2,(H,14,15)/t8-/m1/s1. The molecule has 90 valence electrons. The van der Waals surface area contributed by atoms with Gasteiger partial charge in [0.25, 0.3) is 0 Å². The van der Waals surface area contributed by atoms with Gasteiger partial charge in [-0.15, -0.1) is 0 Å². The number of carboxylic acid groups (broad SMARTS) is 1. The van der Waals surface area contributed by atoms with Gasteiger partial charge in [0.15, 0.2) is 0 Å². The third-order valence-corrected chi connectivity index (χ3v) is 3.18. The molecular formula is C10H7FINO4. The van der Waals surface area contributed by atoms with Crippen LogP contribution in [-0.2, 0) is 9.53 Å². The van der Waals surface area contributed by atoms with E-state index in [1.165, 1.54) is 18.2 Å². The fourth-order valence-corrected chi connectivity index (χ4v) is 1.79. The quantitative estimate of drug-likeness (QED) is 0.826. The van der Waals surface area contributed by atoms with Gasteiger partial charge < -0.3 is 9.84 Å². The smallest absolute Gasteiger partial charge is 0.415 e. The zero-order valence-electron chi connectivity index (χ0n) is 8.39. The Morgan fingerprint density at radius 3 is 2.82 bits per heavy atom. The van der Waals surface area contributed by atoms with Gasteiger partial charge >= 0.3 is 12.1 Å². The minimum Gasteiger partial charge on any atom is -0.478 e. The monoisotopic (exact) mass is 351 g/mol. The number of carbonyl (C=O) groups is 2. The van der Waals surface area contributed by atoms with E-state index in [0.717, 1.165) is 4.90 Å². The number of nitrogens with zero attached hydrogens (tertiary/aromatic N) is 1. The molecule has 0 aromatic heterocycles. The summed E-state index contributed by atoms with van der Waals surface area (Å²) in [6.07, 6.45) is -1.98. The van der Waals surface area contributed by atoms with Gasteiger partial charge in [0.2, 0.25) is 6.10 Å². The maximum absolute atomic E-state index is 13.3. The number of hydrogen-bond acceptors (Lipinski definition) is 3. The molecule has 0 bridgehead atoms. The van der Waals surface area contributed by atoms with Crippen LogP contribution in [0.25, 0.3) is 0 Å². The molecule has 7 heteroatoms. The van der Waals surface area contributed by atoms with Gasteiger partial charge in [-0.05, 0) is 40.8 Å². The lowest BCUT2D eigenvalue weighted by atomic mass is 10.2. The van der Waals surface area contributed by atoms with Crippen LogP contribution in [0.15, 0.2) is 18.2 Å². The Hall–Kier alpha value is -1.38. The molecule has 1 aliphatic heterocycles. The maximum atomic E-state index is 13.3. The highest BCUT2D eigenvalue weighted by Crippen LogP contribution is 2.24. The summed E-state index contributed by atoms with van der Waals surface area (Å²) in [7, 11) is 0. The summed E-state index contributed by atoms with van der Waals surface area (Å²) in [6.45, 7) is -0.117. The van der Waals surface area contributed by atoms with Crippen molar-refractivity contribution < 1.29 is 23.8 Å². The summed E-state index contributed by atoms with van der Waals surface area (Å²) < 4.78 is 18.4. The molecule has 0 radical (unpaired) electrons. The topological polar surface area (TPSA) is 66.8 Å². The molecule has 1 fully saturated rings. The molecule has 0 aliphatic carbocycles. The number of carboxylic acids is 1. The van der Waals surface area contributed by atoms with E-state index in [0.29, 0.717) is 3.57 Å². The van der Waals surface area contributed by atoms with Crippen molar-refractivity contribution in [2.24, 2.45) is 0 Å². The highest BCUT2D eigenvalue weighted by atomic mass is 127. The van der Waals surface area contributed by atoms with Crippen molar-refractivity contribution >= 4 is 40.3 Å². The number of aliphatic carboxylic acids is 1. The van der Waals surface area contributed by atoms with Crippen molar-refractivity contribution in [3.05, 3.63) is 27.6 Å². The highest BCUT2D eigenvalue weighted by Gasteiger charge is 2.37. The third-order valence-electron chi connectivity index (χ3n) is 2.30. The van der Waals surface area contributed by atoms with Gasteiger partial charge in [-0.25, -0.2) is 14.0 Å². The van der Waals surface area contributed by atoms with Crippen LogP contribution in [0.2, 0.25) is 0 Å². The SMILES string of the molecule is O=C(O)[C@H]1CN(c2ccc(I)c(F)c2)C(=O)O1. The first-order valence-corrected chi connectivity index (χ1v) is 5.73. The molecule has 0 saturated carbocycles. The van der Waals surface area contributed by atoms with Gasteiger partial charge in [-0.1, -0.05) is 0 Å². The summed E-state index contributed by atoms with van der Waals surface area (Å²) >= 11 is 1.82. The lowest BCUT2D eigenvalue weighted by Gasteiger charge is -2.12. The molecule has 1 amide bonds. The van der Waals surface area contributed by atoms with E-state index in [-0.39, 0.29) is 12.2 Å². The summed E-state index contributed by atoms with van der Waals surface area (Å²) in [4.78, 5) is 23.2. The Kier molecular flexibility index (Phi) is 3.18. The first-order chi connectivity index (χ1) is 7.99. The van der Waals surface area contributed by atoms with Crippen LogP contribution in [0.5, 0.6) is 0 Å². The zero-order valence-corrected chi connectivity index (χ0v) is 10.5. The van der Waals surface area contributed by atoms with Crippen molar-refractivity contribution in [3.63, 3.8) is 0 Å². The predicted molar refractivity (Wildman–Crippen MR) is 64.4 cm³/mol. The Morgan fingerprint density at radius 1 is 1.59 bits per heavy atom. The number of halogens is 2. The lowest BCUT2D eigenvalue weighted by Crippen LogP contribution is -2.27. The number of cyclic esters (lactones) is 1. The normalized spacial score (nSPS) is 19.3. The van der Waals surface area contributed by atoms with Crippen molar-refractivity contribution in [2.75, 3.05) is 11.4 Å². The third kappa shape index (κ3) is 2.33. The van der Waals surface area contributed by atoms with E-state index in [4.69, 9.17) is 5.11 Å². The van der Waals surface area contributed by atoms with E-state index in [1.54, 1.807) is 0 Å². The Morgan fingerprint density at radius 2 is 2.29 bits per heavy atom. The van der Waals surface area contributed by atoms with E-state index in [2.05, 4.69) is 4.74 Å². The fourth-order valence-electron chi connectivity index (χ4n) is 1.46. The van der Waals surface area contributed by atoms with Gasteiger partial charge in [-0.3, -0.25) is 4.90 Å². The van der Waals surface area contributed by atoms with Gasteiger partial charge in [-0.2, -0.15) is 0 Å². The highest BCUT2D eigenvalue weighted by molar-refractivity contribution is 14.1. The second-order valence-electron chi connectivity index (χ2n) is 3.42. The molecule has 0 spiro atoms. The van der Waals surface area contributed by atoms with Crippen LogP contribution in [0.4, 0.5) is 14.9 Å². The summed E-state index contributed by atoms with van der Waals surface area (Å²) in [5.41, 5.74) is 0.289. The maximum Gasteiger partial charge on any atom is 0.415 e. The summed E-state index contributed by atoms with van der Waals surface area (Å²) in [5, 5.41) is 8.72. The van der Waals surface area contributed by atoms with Crippen LogP contribution >= 0.6 is 22.6 Å². The van der Waals surface area contributed by atoms with Crippen molar-refractivity contribution in [1.29, 1.82) is 0 Å². The summed E-state index contributed by atoms with van der Waals surface area (Å²) in [5.74, 6) is -1.68. The Balaban J connectivity index is 2.26. The number of hydrogen-bond donors (Lipinski definition) is 1. The minimum absolute atomic E-state index is 0.117. The predicted octanol–water partition coefficient (Wildman–Crippen LogP) is 1.84. The number of benzene rings is 1. The number of amides is 1. The lowest BCUT2D eigenvalue weighted by molar-refractivity contribution is -0.144. The second kappa shape index (κ2) is 4.47. The number of carbonyl (C=O) groups excluding carboxylic acids is 1. The molecule has 2 rings (SSSR count). The molecule has 1 N–H and O–H groups in total. The minimum atomic E-state index is -1.22. The van der Waals surface area contributed by atoms with Gasteiger partial charge in [0, 0.05) is 3.57 Å². The first-order valence-electron chi connectivity index (χ1n) is 4.65. The van der Waals surface area contributed by atoms with Crippen molar-refractivity contribution in [3.8, 4) is 0 Å². The molecule has 1 atom stereocenters. The number of ether oxygens (including phenoxy) is 1. The molecule has 0 unspecified atom stereocenters. The average molecular weight is 351 g/mol. The molecule has 1 aliphatic rings. The van der Waals surface area contributed by atoms with Crippen LogP contribution in [-0.4, -0.2) is 29.8 Å². The van der Waals surface area contributed by atoms with Crippen molar-refractivity contribution in [1.82, 2.24) is 0 Å². The van der Waals surface area contributed by atoms with E-state index in [9.17, 15) is 14.0 Å². The molecular weight excluding hydrogens is 344 g/mol. The zero-order chi connectivity index (χ0) is 12.6. The van der Waals surface area contributed by atoms with Crippen LogP contribution in [0.1, 0.15) is 0 Å². The molecule has 1 saturated heterocycles. The Labute approximate surface area is 109 Å². The van der Waals surface area contributed by atoms with Crippen LogP contribution < -0.4 is 4.90 Å². The average Bonchev–Trinajstić information content (AvgIpc) is 2.65.